The third-order valence-electron chi connectivity index (χ3n) is 4.09. The number of ether oxygens (including phenoxy) is 2. The third kappa shape index (κ3) is 4.53. The number of hydrogen-bond donors (Lipinski definition) is 2. The number of anilines is 1. The highest BCUT2D eigenvalue weighted by molar-refractivity contribution is 6.39. The van der Waals surface area contributed by atoms with E-state index in [-0.39, 0.29) is 6.04 Å². The van der Waals surface area contributed by atoms with E-state index in [2.05, 4.69) is 10.6 Å². The Hall–Kier alpha value is -3.02. The van der Waals surface area contributed by atoms with Crippen LogP contribution < -0.4 is 20.1 Å². The molecular weight excluding hydrogens is 332 g/mol. The molecule has 0 aliphatic carbocycles. The first-order valence-electron chi connectivity index (χ1n) is 8.26. The van der Waals surface area contributed by atoms with E-state index >= 15 is 0 Å². The second-order valence-electron chi connectivity index (χ2n) is 6.08. The molecule has 0 bridgehead atoms. The van der Waals surface area contributed by atoms with E-state index in [1.165, 1.54) is 0 Å². The van der Waals surface area contributed by atoms with Crippen molar-refractivity contribution in [3.05, 3.63) is 53.1 Å². The molecular formula is C20H24N2O4. The zero-order valence-electron chi connectivity index (χ0n) is 15.7. The van der Waals surface area contributed by atoms with Crippen LogP contribution in [0.4, 0.5) is 5.69 Å². The zero-order chi connectivity index (χ0) is 19.3. The first kappa shape index (κ1) is 19.3. The van der Waals surface area contributed by atoms with Gasteiger partial charge in [-0.25, -0.2) is 0 Å². The topological polar surface area (TPSA) is 76.7 Å². The van der Waals surface area contributed by atoms with Gasteiger partial charge in [0.25, 0.3) is 0 Å². The molecule has 1 atom stereocenters. The summed E-state index contributed by atoms with van der Waals surface area (Å²) in [6, 6.07) is 10.6. The maximum absolute atomic E-state index is 12.2. The van der Waals surface area contributed by atoms with Crippen molar-refractivity contribution < 1.29 is 19.1 Å². The van der Waals surface area contributed by atoms with Gasteiger partial charge in [-0.15, -0.1) is 0 Å². The third-order valence-corrected chi connectivity index (χ3v) is 4.09. The molecule has 26 heavy (non-hydrogen) atoms. The molecule has 2 amide bonds. The van der Waals surface area contributed by atoms with Crippen molar-refractivity contribution in [2.45, 2.75) is 26.8 Å². The van der Waals surface area contributed by atoms with Crippen molar-refractivity contribution >= 4 is 17.5 Å². The average molecular weight is 356 g/mol. The maximum atomic E-state index is 12.2. The van der Waals surface area contributed by atoms with Crippen molar-refractivity contribution in [3.8, 4) is 11.5 Å². The molecule has 0 aromatic heterocycles. The molecule has 6 nitrogen and oxygen atoms in total. The molecule has 138 valence electrons. The Morgan fingerprint density at radius 1 is 0.923 bits per heavy atom. The molecule has 2 N–H and O–H groups in total. The lowest BCUT2D eigenvalue weighted by molar-refractivity contribution is -0.136. The second kappa shape index (κ2) is 8.38. The number of nitrogens with one attached hydrogen (secondary N) is 2. The van der Waals surface area contributed by atoms with Gasteiger partial charge in [-0.2, -0.15) is 0 Å². The summed E-state index contributed by atoms with van der Waals surface area (Å²) in [6.45, 7) is 5.65. The molecule has 0 aliphatic heterocycles. The molecule has 0 fully saturated rings. The molecule has 0 saturated carbocycles. The minimum absolute atomic E-state index is 0.368. The predicted molar refractivity (Wildman–Crippen MR) is 101 cm³/mol. The lowest BCUT2D eigenvalue weighted by Gasteiger charge is -2.16. The summed E-state index contributed by atoms with van der Waals surface area (Å²) in [4.78, 5) is 24.4. The van der Waals surface area contributed by atoms with Crippen LogP contribution in [0.25, 0.3) is 0 Å². The van der Waals surface area contributed by atoms with Crippen molar-refractivity contribution in [2.75, 3.05) is 19.5 Å². The molecule has 2 aromatic carbocycles. The molecule has 0 spiro atoms. The molecule has 2 aromatic rings. The quantitative estimate of drug-likeness (QED) is 0.807. The van der Waals surface area contributed by atoms with Crippen molar-refractivity contribution in [3.63, 3.8) is 0 Å². The molecule has 0 saturated heterocycles. The van der Waals surface area contributed by atoms with E-state index in [4.69, 9.17) is 9.47 Å². The van der Waals surface area contributed by atoms with Crippen LogP contribution in [-0.2, 0) is 9.59 Å². The van der Waals surface area contributed by atoms with Crippen LogP contribution in [-0.4, -0.2) is 26.0 Å². The minimum Gasteiger partial charge on any atom is -0.493 e. The van der Waals surface area contributed by atoms with Crippen LogP contribution in [0.15, 0.2) is 36.4 Å². The second-order valence-corrected chi connectivity index (χ2v) is 6.08. The average Bonchev–Trinajstić information content (AvgIpc) is 2.63. The van der Waals surface area contributed by atoms with Crippen LogP contribution in [0.5, 0.6) is 11.5 Å². The predicted octanol–water partition coefficient (Wildman–Crippen LogP) is 3.14. The van der Waals surface area contributed by atoms with Gasteiger partial charge in [0.1, 0.15) is 0 Å². The van der Waals surface area contributed by atoms with E-state index in [0.29, 0.717) is 17.2 Å². The number of methoxy groups -OCH3 is 2. The Balaban J connectivity index is 2.05. The normalized spacial score (nSPS) is 11.4. The van der Waals surface area contributed by atoms with E-state index in [9.17, 15) is 9.59 Å². The van der Waals surface area contributed by atoms with Gasteiger partial charge in [0, 0.05) is 5.69 Å². The van der Waals surface area contributed by atoms with Gasteiger partial charge in [-0.05, 0) is 50.1 Å². The molecule has 0 radical (unpaired) electrons. The van der Waals surface area contributed by atoms with E-state index in [1.54, 1.807) is 39.3 Å². The van der Waals surface area contributed by atoms with E-state index < -0.39 is 11.8 Å². The Morgan fingerprint density at radius 2 is 1.62 bits per heavy atom. The Bertz CT molecular complexity index is 817. The van der Waals surface area contributed by atoms with Gasteiger partial charge in [0.05, 0.1) is 20.3 Å². The van der Waals surface area contributed by atoms with Crippen LogP contribution in [0.3, 0.4) is 0 Å². The van der Waals surface area contributed by atoms with E-state index in [1.807, 2.05) is 32.0 Å². The highest BCUT2D eigenvalue weighted by atomic mass is 16.5. The fraction of sp³-hybridized carbons (Fsp3) is 0.300. The minimum atomic E-state index is -0.704. The summed E-state index contributed by atoms with van der Waals surface area (Å²) in [5.41, 5.74) is 3.41. The van der Waals surface area contributed by atoms with Crippen molar-refractivity contribution in [2.24, 2.45) is 0 Å². The number of carbonyl (C=O) groups excluding carboxylic acids is 2. The highest BCUT2D eigenvalue weighted by Crippen LogP contribution is 2.29. The standard InChI is InChI=1S/C20H24N2O4/c1-12-6-8-16(13(2)10-12)22-20(24)19(23)21-14(3)15-7-9-17(25-4)18(11-15)26-5/h6-11,14H,1-5H3,(H,21,23)(H,22,24). The van der Waals surface area contributed by atoms with Gasteiger partial charge in [0.2, 0.25) is 0 Å². The van der Waals surface area contributed by atoms with Crippen LogP contribution in [0.1, 0.15) is 29.7 Å². The molecule has 0 heterocycles. The first-order chi connectivity index (χ1) is 12.3. The van der Waals surface area contributed by atoms with Gasteiger partial charge in [-0.3, -0.25) is 9.59 Å². The number of aryl methyl sites for hydroxylation is 2. The van der Waals surface area contributed by atoms with Crippen LogP contribution in [0, 0.1) is 13.8 Å². The molecule has 0 aliphatic rings. The lowest BCUT2D eigenvalue weighted by atomic mass is 10.1. The van der Waals surface area contributed by atoms with E-state index in [0.717, 1.165) is 16.7 Å². The van der Waals surface area contributed by atoms with Gasteiger partial charge < -0.3 is 20.1 Å². The molecule has 2 rings (SSSR count). The first-order valence-corrected chi connectivity index (χ1v) is 8.26. The Morgan fingerprint density at radius 3 is 2.23 bits per heavy atom. The summed E-state index contributed by atoms with van der Waals surface area (Å²) in [7, 11) is 3.10. The fourth-order valence-corrected chi connectivity index (χ4v) is 2.60. The number of amides is 2. The lowest BCUT2D eigenvalue weighted by Crippen LogP contribution is -2.37. The van der Waals surface area contributed by atoms with Crippen LogP contribution >= 0.6 is 0 Å². The number of carbonyl (C=O) groups is 2. The monoisotopic (exact) mass is 356 g/mol. The fourth-order valence-electron chi connectivity index (χ4n) is 2.60. The SMILES string of the molecule is COc1ccc(C(C)NC(=O)C(=O)Nc2ccc(C)cc2C)cc1OC. The highest BCUT2D eigenvalue weighted by Gasteiger charge is 2.19. The zero-order valence-corrected chi connectivity index (χ0v) is 15.7. The number of rotatable bonds is 5. The Kier molecular flexibility index (Phi) is 6.22. The van der Waals surface area contributed by atoms with Gasteiger partial charge >= 0.3 is 11.8 Å². The summed E-state index contributed by atoms with van der Waals surface area (Å²) in [6.07, 6.45) is 0. The van der Waals surface area contributed by atoms with Crippen molar-refractivity contribution in [1.29, 1.82) is 0 Å². The summed E-state index contributed by atoms with van der Waals surface area (Å²) < 4.78 is 10.5. The van der Waals surface area contributed by atoms with Crippen LogP contribution in [0.2, 0.25) is 0 Å². The maximum Gasteiger partial charge on any atom is 0.313 e. The van der Waals surface area contributed by atoms with Gasteiger partial charge in [-0.1, -0.05) is 23.8 Å². The van der Waals surface area contributed by atoms with Gasteiger partial charge in [0.15, 0.2) is 11.5 Å². The molecule has 1 unspecified atom stereocenters. The number of benzene rings is 2. The summed E-state index contributed by atoms with van der Waals surface area (Å²) >= 11 is 0. The Labute approximate surface area is 153 Å². The molecule has 6 heteroatoms. The summed E-state index contributed by atoms with van der Waals surface area (Å²) in [5.74, 6) is -0.246. The number of hydrogen-bond acceptors (Lipinski definition) is 4. The smallest absolute Gasteiger partial charge is 0.313 e. The summed E-state index contributed by atoms with van der Waals surface area (Å²) in [5, 5.41) is 5.33. The largest absolute Gasteiger partial charge is 0.493 e. The van der Waals surface area contributed by atoms with Crippen molar-refractivity contribution in [1.82, 2.24) is 5.32 Å².